The van der Waals surface area contributed by atoms with Crippen molar-refractivity contribution in [3.63, 3.8) is 0 Å². The molecule has 116 valence electrons. The van der Waals surface area contributed by atoms with Gasteiger partial charge in [0.25, 0.3) is 0 Å². The van der Waals surface area contributed by atoms with Gasteiger partial charge >= 0.3 is 6.09 Å². The normalized spacial score (nSPS) is 24.9. The van der Waals surface area contributed by atoms with Gasteiger partial charge in [-0.05, 0) is 58.9 Å². The fourth-order valence-electron chi connectivity index (χ4n) is 3.19. The van der Waals surface area contributed by atoms with Gasteiger partial charge in [-0.2, -0.15) is 0 Å². The lowest BCUT2D eigenvalue weighted by atomic mass is 9.98. The zero-order valence-electron chi connectivity index (χ0n) is 13.3. The predicted molar refractivity (Wildman–Crippen MR) is 80.8 cm³/mol. The number of ether oxygens (including phenoxy) is 1. The molecule has 4 nitrogen and oxygen atoms in total. The monoisotopic (exact) mass is 282 g/mol. The van der Waals surface area contributed by atoms with Crippen LogP contribution >= 0.6 is 0 Å². The van der Waals surface area contributed by atoms with Crippen molar-refractivity contribution in [2.24, 2.45) is 5.92 Å². The summed E-state index contributed by atoms with van der Waals surface area (Å²) < 4.78 is 5.47. The van der Waals surface area contributed by atoms with Gasteiger partial charge in [-0.15, -0.1) is 0 Å². The van der Waals surface area contributed by atoms with E-state index in [4.69, 9.17) is 4.74 Å². The van der Waals surface area contributed by atoms with Crippen LogP contribution in [0.15, 0.2) is 0 Å². The lowest BCUT2D eigenvalue weighted by Crippen LogP contribution is -2.45. The average molecular weight is 282 g/mol. The number of amides is 1. The highest BCUT2D eigenvalue weighted by molar-refractivity contribution is 5.68. The Morgan fingerprint density at radius 3 is 2.55 bits per heavy atom. The van der Waals surface area contributed by atoms with E-state index in [0.29, 0.717) is 12.0 Å². The van der Waals surface area contributed by atoms with E-state index in [2.05, 4.69) is 5.32 Å². The van der Waals surface area contributed by atoms with Crippen molar-refractivity contribution in [2.75, 3.05) is 19.6 Å². The minimum atomic E-state index is -0.397. The van der Waals surface area contributed by atoms with Gasteiger partial charge < -0.3 is 15.0 Å². The summed E-state index contributed by atoms with van der Waals surface area (Å²) in [6.45, 7) is 8.50. The Kier molecular flexibility index (Phi) is 5.30. The van der Waals surface area contributed by atoms with Crippen LogP contribution in [0, 0.1) is 5.92 Å². The highest BCUT2D eigenvalue weighted by atomic mass is 16.6. The van der Waals surface area contributed by atoms with Crippen molar-refractivity contribution in [1.82, 2.24) is 10.2 Å². The maximum atomic E-state index is 12.1. The predicted octanol–water partition coefficient (Wildman–Crippen LogP) is 3.17. The summed E-state index contributed by atoms with van der Waals surface area (Å²) in [5.74, 6) is 0.580. The zero-order chi connectivity index (χ0) is 14.6. The standard InChI is InChI=1S/C16H30N2O2/c1-16(2,3)20-15(19)18-10-6-7-13(12-18)11-17-14-8-4-5-9-14/h13-14,17H,4-12H2,1-3H3. The van der Waals surface area contributed by atoms with Gasteiger partial charge in [0.05, 0.1) is 0 Å². The Balaban J connectivity index is 1.74. The summed E-state index contributed by atoms with van der Waals surface area (Å²) in [4.78, 5) is 14.0. The van der Waals surface area contributed by atoms with Gasteiger partial charge in [-0.1, -0.05) is 12.8 Å². The summed E-state index contributed by atoms with van der Waals surface area (Å²) in [7, 11) is 0. The molecule has 0 aromatic carbocycles. The van der Waals surface area contributed by atoms with E-state index in [1.54, 1.807) is 0 Å². The molecule has 1 heterocycles. The van der Waals surface area contributed by atoms with Crippen molar-refractivity contribution in [3.8, 4) is 0 Å². The molecule has 1 amide bonds. The SMILES string of the molecule is CC(C)(C)OC(=O)N1CCCC(CNC2CCCC2)C1. The van der Waals surface area contributed by atoms with Crippen molar-refractivity contribution in [3.05, 3.63) is 0 Å². The third-order valence-corrected chi connectivity index (χ3v) is 4.22. The first kappa shape index (κ1) is 15.6. The molecule has 0 aromatic rings. The topological polar surface area (TPSA) is 41.6 Å². The maximum absolute atomic E-state index is 12.1. The lowest BCUT2D eigenvalue weighted by Gasteiger charge is -2.34. The average Bonchev–Trinajstić information content (AvgIpc) is 2.88. The minimum absolute atomic E-state index is 0.150. The van der Waals surface area contributed by atoms with Crippen molar-refractivity contribution in [1.29, 1.82) is 0 Å². The molecule has 1 saturated heterocycles. The van der Waals surface area contributed by atoms with Crippen LogP contribution in [-0.2, 0) is 4.74 Å². The zero-order valence-corrected chi connectivity index (χ0v) is 13.3. The number of rotatable bonds is 3. The first-order valence-corrected chi connectivity index (χ1v) is 8.15. The summed E-state index contributed by atoms with van der Waals surface area (Å²) in [5.41, 5.74) is -0.397. The van der Waals surface area contributed by atoms with E-state index in [1.165, 1.54) is 32.1 Å². The largest absolute Gasteiger partial charge is 0.444 e. The first-order valence-electron chi connectivity index (χ1n) is 8.15. The van der Waals surface area contributed by atoms with Crippen molar-refractivity contribution < 1.29 is 9.53 Å². The van der Waals surface area contributed by atoms with Crippen LogP contribution in [0.2, 0.25) is 0 Å². The molecule has 0 aromatic heterocycles. The van der Waals surface area contributed by atoms with Gasteiger partial charge in [0.1, 0.15) is 5.60 Å². The second-order valence-corrected chi connectivity index (χ2v) is 7.32. The fraction of sp³-hybridized carbons (Fsp3) is 0.938. The van der Waals surface area contributed by atoms with Gasteiger partial charge in [0.15, 0.2) is 0 Å². The van der Waals surface area contributed by atoms with E-state index in [-0.39, 0.29) is 6.09 Å². The van der Waals surface area contributed by atoms with E-state index in [1.807, 2.05) is 25.7 Å². The molecule has 4 heteroatoms. The van der Waals surface area contributed by atoms with E-state index >= 15 is 0 Å². The molecule has 1 saturated carbocycles. The highest BCUT2D eigenvalue weighted by Crippen LogP contribution is 2.21. The molecular weight excluding hydrogens is 252 g/mol. The fourth-order valence-corrected chi connectivity index (χ4v) is 3.19. The summed E-state index contributed by atoms with van der Waals surface area (Å²) in [6, 6.07) is 0.715. The molecule has 1 unspecified atom stereocenters. The number of nitrogens with zero attached hydrogens (tertiary/aromatic N) is 1. The van der Waals surface area contributed by atoms with E-state index < -0.39 is 5.60 Å². The van der Waals surface area contributed by atoms with Crippen LogP contribution in [0.3, 0.4) is 0 Å². The Morgan fingerprint density at radius 1 is 1.20 bits per heavy atom. The minimum Gasteiger partial charge on any atom is -0.444 e. The number of carbonyl (C=O) groups is 1. The smallest absolute Gasteiger partial charge is 0.410 e. The van der Waals surface area contributed by atoms with E-state index in [9.17, 15) is 4.79 Å². The van der Waals surface area contributed by atoms with Crippen molar-refractivity contribution >= 4 is 6.09 Å². The molecule has 2 aliphatic rings. The summed E-state index contributed by atoms with van der Waals surface area (Å²) in [6.07, 6.45) is 7.54. The lowest BCUT2D eigenvalue weighted by molar-refractivity contribution is 0.0165. The van der Waals surface area contributed by atoms with Crippen LogP contribution < -0.4 is 5.32 Å². The van der Waals surface area contributed by atoms with Gasteiger partial charge in [-0.3, -0.25) is 0 Å². The van der Waals surface area contributed by atoms with Crippen LogP contribution in [0.5, 0.6) is 0 Å². The second-order valence-electron chi connectivity index (χ2n) is 7.32. The number of nitrogens with one attached hydrogen (secondary N) is 1. The molecule has 2 rings (SSSR count). The third-order valence-electron chi connectivity index (χ3n) is 4.22. The molecule has 0 radical (unpaired) electrons. The first-order chi connectivity index (χ1) is 9.44. The quantitative estimate of drug-likeness (QED) is 0.864. The van der Waals surface area contributed by atoms with Crippen molar-refractivity contribution in [2.45, 2.75) is 70.9 Å². The molecule has 1 aliphatic carbocycles. The van der Waals surface area contributed by atoms with Crippen LogP contribution in [0.4, 0.5) is 4.79 Å². The molecule has 1 N–H and O–H groups in total. The number of piperidine rings is 1. The van der Waals surface area contributed by atoms with Gasteiger partial charge in [0.2, 0.25) is 0 Å². The summed E-state index contributed by atoms with van der Waals surface area (Å²) >= 11 is 0. The molecule has 1 aliphatic heterocycles. The maximum Gasteiger partial charge on any atom is 0.410 e. The summed E-state index contributed by atoms with van der Waals surface area (Å²) in [5, 5.41) is 3.68. The second kappa shape index (κ2) is 6.79. The highest BCUT2D eigenvalue weighted by Gasteiger charge is 2.28. The molecule has 1 atom stereocenters. The van der Waals surface area contributed by atoms with Crippen LogP contribution in [0.25, 0.3) is 0 Å². The van der Waals surface area contributed by atoms with Crippen LogP contribution in [-0.4, -0.2) is 42.3 Å². The third kappa shape index (κ3) is 4.97. The van der Waals surface area contributed by atoms with Gasteiger partial charge in [-0.25, -0.2) is 4.79 Å². The number of likely N-dealkylation sites (tertiary alicyclic amines) is 1. The van der Waals surface area contributed by atoms with Crippen LogP contribution in [0.1, 0.15) is 59.3 Å². The number of hydrogen-bond donors (Lipinski definition) is 1. The van der Waals surface area contributed by atoms with E-state index in [0.717, 1.165) is 26.1 Å². The molecule has 0 bridgehead atoms. The Morgan fingerprint density at radius 2 is 1.90 bits per heavy atom. The molecular formula is C16H30N2O2. The molecule has 20 heavy (non-hydrogen) atoms. The Hall–Kier alpha value is -0.770. The van der Waals surface area contributed by atoms with Gasteiger partial charge in [0, 0.05) is 19.1 Å². The molecule has 2 fully saturated rings. The number of carbonyl (C=O) groups excluding carboxylic acids is 1. The number of hydrogen-bond acceptors (Lipinski definition) is 3. The Labute approximate surface area is 123 Å². The Bertz CT molecular complexity index is 319. The molecule has 0 spiro atoms.